The van der Waals surface area contributed by atoms with Crippen LogP contribution in [0.5, 0.6) is 0 Å². The van der Waals surface area contributed by atoms with Gasteiger partial charge in [0.1, 0.15) is 11.9 Å². The second-order valence-corrected chi connectivity index (χ2v) is 7.74. The number of hydrogen-bond acceptors (Lipinski definition) is 3. The lowest BCUT2D eigenvalue weighted by atomic mass is 9.95. The summed E-state index contributed by atoms with van der Waals surface area (Å²) in [5.41, 5.74) is 1.06. The van der Waals surface area contributed by atoms with Crippen molar-refractivity contribution in [2.45, 2.75) is 44.6 Å². The van der Waals surface area contributed by atoms with E-state index in [9.17, 15) is 9.18 Å². The van der Waals surface area contributed by atoms with E-state index in [4.69, 9.17) is 4.74 Å². The molecule has 1 atom stereocenters. The van der Waals surface area contributed by atoms with Crippen LogP contribution < -0.4 is 0 Å². The van der Waals surface area contributed by atoms with Crippen LogP contribution in [0.25, 0.3) is 0 Å². The third kappa shape index (κ3) is 5.52. The Hall–Kier alpha value is -1.46. The van der Waals surface area contributed by atoms with Crippen molar-refractivity contribution in [1.82, 2.24) is 9.80 Å². The average molecular weight is 362 g/mol. The molecule has 1 amide bonds. The highest BCUT2D eigenvalue weighted by molar-refractivity contribution is 5.80. The van der Waals surface area contributed by atoms with Crippen molar-refractivity contribution in [3.8, 4) is 0 Å². The Bertz CT molecular complexity index is 581. The Morgan fingerprint density at radius 3 is 2.77 bits per heavy atom. The largest absolute Gasteiger partial charge is 0.368 e. The molecule has 26 heavy (non-hydrogen) atoms. The van der Waals surface area contributed by atoms with Gasteiger partial charge in [-0.05, 0) is 75.2 Å². The Kier molecular flexibility index (Phi) is 7.03. The lowest BCUT2D eigenvalue weighted by Gasteiger charge is -2.35. The molecular weight excluding hydrogens is 331 g/mol. The monoisotopic (exact) mass is 362 g/mol. The number of nitrogens with zero attached hydrogens (tertiary/aromatic N) is 2. The second kappa shape index (κ2) is 9.47. The summed E-state index contributed by atoms with van der Waals surface area (Å²) in [6.07, 6.45) is 5.93. The highest BCUT2D eigenvalue weighted by atomic mass is 19.1. The molecule has 0 saturated carbocycles. The van der Waals surface area contributed by atoms with Crippen molar-refractivity contribution in [2.75, 3.05) is 39.8 Å². The number of hydrogen-bond donors (Lipinski definition) is 0. The fourth-order valence-electron chi connectivity index (χ4n) is 4.03. The fraction of sp³-hybridized carbons (Fsp3) is 0.667. The molecule has 2 saturated heterocycles. The normalized spacial score (nSPS) is 22.3. The maximum atomic E-state index is 13.3. The molecule has 4 nitrogen and oxygen atoms in total. The van der Waals surface area contributed by atoms with Gasteiger partial charge in [-0.3, -0.25) is 4.79 Å². The SMILES string of the molecule is CN(CC1CCN(CCc2cccc(F)c2)CC1)C(=O)[C@H]1CCCCO1. The summed E-state index contributed by atoms with van der Waals surface area (Å²) < 4.78 is 18.9. The van der Waals surface area contributed by atoms with Gasteiger partial charge in [-0.1, -0.05) is 12.1 Å². The minimum atomic E-state index is -0.222. The van der Waals surface area contributed by atoms with Crippen molar-refractivity contribution >= 4 is 5.91 Å². The summed E-state index contributed by atoms with van der Waals surface area (Å²) in [6, 6.07) is 6.88. The number of amides is 1. The molecule has 0 bridgehead atoms. The van der Waals surface area contributed by atoms with Crippen LogP contribution >= 0.6 is 0 Å². The van der Waals surface area contributed by atoms with Crippen molar-refractivity contribution in [2.24, 2.45) is 5.92 Å². The van der Waals surface area contributed by atoms with Crippen molar-refractivity contribution in [1.29, 1.82) is 0 Å². The number of likely N-dealkylation sites (tertiary alicyclic amines) is 1. The van der Waals surface area contributed by atoms with E-state index in [1.54, 1.807) is 12.1 Å². The summed E-state index contributed by atoms with van der Waals surface area (Å²) in [4.78, 5) is 16.8. The molecule has 0 radical (unpaired) electrons. The number of halogens is 1. The third-order valence-electron chi connectivity index (χ3n) is 5.68. The molecule has 0 unspecified atom stereocenters. The van der Waals surface area contributed by atoms with E-state index in [1.165, 1.54) is 6.07 Å². The van der Waals surface area contributed by atoms with Gasteiger partial charge in [-0.25, -0.2) is 4.39 Å². The predicted octanol–water partition coefficient (Wildman–Crippen LogP) is 3.11. The van der Waals surface area contributed by atoms with Crippen LogP contribution in [-0.2, 0) is 16.0 Å². The first-order chi connectivity index (χ1) is 12.6. The molecular formula is C21H31FN2O2. The molecule has 1 aromatic carbocycles. The summed E-state index contributed by atoms with van der Waals surface area (Å²) >= 11 is 0. The second-order valence-electron chi connectivity index (χ2n) is 7.74. The van der Waals surface area contributed by atoms with Crippen LogP contribution in [0.3, 0.4) is 0 Å². The third-order valence-corrected chi connectivity index (χ3v) is 5.68. The minimum absolute atomic E-state index is 0.151. The van der Waals surface area contributed by atoms with Gasteiger partial charge in [0.25, 0.3) is 5.91 Å². The quantitative estimate of drug-likeness (QED) is 0.780. The standard InChI is InChI=1S/C21H31FN2O2/c1-23(21(25)20-7-2-3-14-26-20)16-18-9-12-24(13-10-18)11-8-17-5-4-6-19(22)15-17/h4-6,15,18,20H,2-3,7-14,16H2,1H3/t20-/m1/s1. The van der Waals surface area contributed by atoms with E-state index in [0.29, 0.717) is 12.5 Å². The number of carbonyl (C=O) groups excluding carboxylic acids is 1. The first-order valence-electron chi connectivity index (χ1n) is 9.95. The molecule has 144 valence electrons. The molecule has 5 heteroatoms. The van der Waals surface area contributed by atoms with Gasteiger partial charge in [0.15, 0.2) is 0 Å². The maximum Gasteiger partial charge on any atom is 0.251 e. The predicted molar refractivity (Wildman–Crippen MR) is 100 cm³/mol. The Morgan fingerprint density at radius 1 is 1.27 bits per heavy atom. The molecule has 2 aliphatic rings. The summed E-state index contributed by atoms with van der Waals surface area (Å²) in [6.45, 7) is 4.63. The van der Waals surface area contributed by atoms with Gasteiger partial charge >= 0.3 is 0 Å². The van der Waals surface area contributed by atoms with E-state index in [0.717, 1.165) is 70.3 Å². The highest BCUT2D eigenvalue weighted by Crippen LogP contribution is 2.20. The smallest absolute Gasteiger partial charge is 0.251 e. The Labute approximate surface area is 156 Å². The first-order valence-corrected chi connectivity index (χ1v) is 9.95. The van der Waals surface area contributed by atoms with E-state index in [-0.39, 0.29) is 17.8 Å². The van der Waals surface area contributed by atoms with E-state index < -0.39 is 0 Å². The van der Waals surface area contributed by atoms with Crippen LogP contribution in [-0.4, -0.2) is 61.6 Å². The van der Waals surface area contributed by atoms with Crippen LogP contribution in [0.15, 0.2) is 24.3 Å². The molecule has 0 aromatic heterocycles. The van der Waals surface area contributed by atoms with Gasteiger partial charge in [-0.15, -0.1) is 0 Å². The average Bonchev–Trinajstić information content (AvgIpc) is 2.67. The molecule has 0 aliphatic carbocycles. The topological polar surface area (TPSA) is 32.8 Å². The zero-order valence-corrected chi connectivity index (χ0v) is 15.8. The molecule has 2 heterocycles. The number of benzene rings is 1. The van der Waals surface area contributed by atoms with Gasteiger partial charge in [0.2, 0.25) is 0 Å². The van der Waals surface area contributed by atoms with Crippen molar-refractivity contribution in [3.63, 3.8) is 0 Å². The van der Waals surface area contributed by atoms with E-state index in [2.05, 4.69) is 4.90 Å². The summed E-state index contributed by atoms with van der Waals surface area (Å²) in [5, 5.41) is 0. The molecule has 0 N–H and O–H groups in total. The zero-order valence-electron chi connectivity index (χ0n) is 15.8. The van der Waals surface area contributed by atoms with Gasteiger partial charge < -0.3 is 14.5 Å². The Balaban J connectivity index is 1.37. The number of carbonyl (C=O) groups is 1. The van der Waals surface area contributed by atoms with Gasteiger partial charge in [0.05, 0.1) is 0 Å². The number of rotatable bonds is 6. The van der Waals surface area contributed by atoms with Crippen LogP contribution in [0.2, 0.25) is 0 Å². The van der Waals surface area contributed by atoms with Crippen LogP contribution in [0, 0.1) is 11.7 Å². The molecule has 2 fully saturated rings. The van der Waals surface area contributed by atoms with Crippen molar-refractivity contribution < 1.29 is 13.9 Å². The zero-order chi connectivity index (χ0) is 18.4. The lowest BCUT2D eigenvalue weighted by Crippen LogP contribution is -2.44. The minimum Gasteiger partial charge on any atom is -0.368 e. The Morgan fingerprint density at radius 2 is 2.08 bits per heavy atom. The molecule has 1 aromatic rings. The van der Waals surface area contributed by atoms with E-state index >= 15 is 0 Å². The van der Waals surface area contributed by atoms with Crippen LogP contribution in [0.4, 0.5) is 4.39 Å². The van der Waals surface area contributed by atoms with E-state index in [1.807, 2.05) is 18.0 Å². The maximum absolute atomic E-state index is 13.3. The molecule has 0 spiro atoms. The highest BCUT2D eigenvalue weighted by Gasteiger charge is 2.27. The first kappa shape index (κ1) is 19.3. The molecule has 3 rings (SSSR count). The molecule has 2 aliphatic heterocycles. The van der Waals surface area contributed by atoms with Gasteiger partial charge in [0, 0.05) is 26.7 Å². The number of piperidine rings is 1. The number of likely N-dealkylation sites (N-methyl/N-ethyl adjacent to an activating group) is 1. The summed E-state index contributed by atoms with van der Waals surface area (Å²) in [7, 11) is 1.91. The lowest BCUT2D eigenvalue weighted by molar-refractivity contribution is -0.145. The van der Waals surface area contributed by atoms with Gasteiger partial charge in [-0.2, -0.15) is 0 Å². The van der Waals surface area contributed by atoms with Crippen LogP contribution in [0.1, 0.15) is 37.7 Å². The fourth-order valence-corrected chi connectivity index (χ4v) is 4.03. The number of ether oxygens (including phenoxy) is 1. The van der Waals surface area contributed by atoms with Crippen molar-refractivity contribution in [3.05, 3.63) is 35.6 Å². The summed E-state index contributed by atoms with van der Waals surface area (Å²) in [5.74, 6) is 0.562.